The van der Waals surface area contributed by atoms with Gasteiger partial charge in [-0.2, -0.15) is 0 Å². The van der Waals surface area contributed by atoms with Crippen molar-refractivity contribution in [2.75, 3.05) is 7.11 Å². The fourth-order valence-corrected chi connectivity index (χ4v) is 0.551. The van der Waals surface area contributed by atoms with Gasteiger partial charge in [-0.15, -0.1) is 0 Å². The Kier molecular flexibility index (Phi) is 8.32. The number of methoxy groups -OCH3 is 1. The Morgan fingerprint density at radius 2 is 1.85 bits per heavy atom. The molecule has 13 heavy (non-hydrogen) atoms. The molecule has 0 aromatic carbocycles. The van der Waals surface area contributed by atoms with Gasteiger partial charge < -0.3 is 9.84 Å². The van der Waals surface area contributed by atoms with E-state index in [4.69, 9.17) is 4.74 Å². The van der Waals surface area contributed by atoms with Gasteiger partial charge in [0.25, 0.3) is 0 Å². The molecule has 0 saturated heterocycles. The summed E-state index contributed by atoms with van der Waals surface area (Å²) in [4.78, 5) is 11.1. The van der Waals surface area contributed by atoms with Crippen molar-refractivity contribution < 1.29 is 31.7 Å². The minimum Gasteiger partial charge on any atom is -0.509 e. The summed E-state index contributed by atoms with van der Waals surface area (Å²) in [5, 5.41) is 9.25. The van der Waals surface area contributed by atoms with Crippen molar-refractivity contribution in [3.63, 3.8) is 0 Å². The molecule has 1 unspecified atom stereocenters. The van der Waals surface area contributed by atoms with Crippen LogP contribution in [0.25, 0.3) is 0 Å². The number of carbonyl (C=O) groups excluding carboxylic acids is 1. The SMILES string of the molecule is COC(C)/C(O)=C/C(=O)C(C)C.[Cu]. The number of aliphatic hydroxyl groups is 1. The zero-order valence-corrected chi connectivity index (χ0v) is 9.24. The van der Waals surface area contributed by atoms with E-state index in [1.54, 1.807) is 20.8 Å². The van der Waals surface area contributed by atoms with Gasteiger partial charge in [0, 0.05) is 36.2 Å². The van der Waals surface area contributed by atoms with Gasteiger partial charge in [0.2, 0.25) is 0 Å². The maximum absolute atomic E-state index is 11.1. The van der Waals surface area contributed by atoms with Crippen molar-refractivity contribution in [2.24, 2.45) is 5.92 Å². The molecule has 0 rings (SSSR count). The fraction of sp³-hybridized carbons (Fsp3) is 0.667. The summed E-state index contributed by atoms with van der Waals surface area (Å²) in [6.45, 7) is 5.24. The molecule has 1 N–H and O–H groups in total. The summed E-state index contributed by atoms with van der Waals surface area (Å²) in [5.41, 5.74) is 0. The van der Waals surface area contributed by atoms with E-state index in [1.165, 1.54) is 13.2 Å². The average Bonchev–Trinajstić information content (AvgIpc) is 2.02. The van der Waals surface area contributed by atoms with Crippen LogP contribution in [0.4, 0.5) is 0 Å². The Morgan fingerprint density at radius 3 is 2.15 bits per heavy atom. The molecule has 0 aromatic heterocycles. The van der Waals surface area contributed by atoms with Crippen LogP contribution in [-0.2, 0) is 26.6 Å². The van der Waals surface area contributed by atoms with Crippen molar-refractivity contribution >= 4 is 5.78 Å². The predicted molar refractivity (Wildman–Crippen MR) is 47.0 cm³/mol. The topological polar surface area (TPSA) is 46.5 Å². The molecule has 0 spiro atoms. The summed E-state index contributed by atoms with van der Waals surface area (Å²) < 4.78 is 4.82. The average molecular weight is 236 g/mol. The summed E-state index contributed by atoms with van der Waals surface area (Å²) in [5.74, 6) is -0.191. The van der Waals surface area contributed by atoms with Crippen LogP contribution in [0.2, 0.25) is 0 Å². The smallest absolute Gasteiger partial charge is 0.161 e. The van der Waals surface area contributed by atoms with Gasteiger partial charge in [0.1, 0.15) is 11.9 Å². The van der Waals surface area contributed by atoms with E-state index >= 15 is 0 Å². The second-order valence-corrected chi connectivity index (χ2v) is 3.00. The van der Waals surface area contributed by atoms with E-state index in [1.807, 2.05) is 0 Å². The van der Waals surface area contributed by atoms with Crippen LogP contribution in [0.3, 0.4) is 0 Å². The number of hydrogen-bond donors (Lipinski definition) is 1. The minimum atomic E-state index is -0.410. The summed E-state index contributed by atoms with van der Waals surface area (Å²) in [6, 6.07) is 0. The van der Waals surface area contributed by atoms with Crippen molar-refractivity contribution in [1.29, 1.82) is 0 Å². The van der Waals surface area contributed by atoms with Crippen LogP contribution in [-0.4, -0.2) is 24.1 Å². The third kappa shape index (κ3) is 5.86. The normalized spacial score (nSPS) is 13.8. The molecular formula is C9H16CuO3. The maximum atomic E-state index is 11.1. The number of carbonyl (C=O) groups is 1. The molecule has 0 amide bonds. The van der Waals surface area contributed by atoms with Crippen LogP contribution in [0.1, 0.15) is 20.8 Å². The van der Waals surface area contributed by atoms with Crippen LogP contribution in [0.5, 0.6) is 0 Å². The monoisotopic (exact) mass is 235 g/mol. The molecule has 0 aliphatic rings. The minimum absolute atomic E-state index is 0. The first-order valence-electron chi connectivity index (χ1n) is 3.96. The van der Waals surface area contributed by atoms with E-state index in [0.29, 0.717) is 0 Å². The summed E-state index contributed by atoms with van der Waals surface area (Å²) >= 11 is 0. The molecule has 0 aliphatic carbocycles. The van der Waals surface area contributed by atoms with Gasteiger partial charge in [0.05, 0.1) is 0 Å². The number of allylic oxidation sites excluding steroid dienone is 1. The molecule has 4 heteroatoms. The van der Waals surface area contributed by atoms with Crippen LogP contribution in [0.15, 0.2) is 11.8 Å². The van der Waals surface area contributed by atoms with Gasteiger partial charge in [-0.1, -0.05) is 13.8 Å². The van der Waals surface area contributed by atoms with Crippen LogP contribution in [0, 0.1) is 5.92 Å². The van der Waals surface area contributed by atoms with Crippen LogP contribution >= 0.6 is 0 Å². The molecule has 0 bridgehead atoms. The largest absolute Gasteiger partial charge is 0.509 e. The second kappa shape index (κ2) is 7.13. The molecule has 0 aromatic rings. The van der Waals surface area contributed by atoms with E-state index in [0.717, 1.165) is 0 Å². The molecule has 0 aliphatic heterocycles. The van der Waals surface area contributed by atoms with E-state index < -0.39 is 6.10 Å². The van der Waals surface area contributed by atoms with Crippen LogP contribution < -0.4 is 0 Å². The van der Waals surface area contributed by atoms with Gasteiger partial charge in [0.15, 0.2) is 5.78 Å². The van der Waals surface area contributed by atoms with E-state index in [9.17, 15) is 9.90 Å². The number of hydrogen-bond acceptors (Lipinski definition) is 3. The molecule has 0 saturated carbocycles. The third-order valence-corrected chi connectivity index (χ3v) is 1.63. The standard InChI is InChI=1S/C9H16O3.Cu/c1-6(2)8(10)5-9(11)7(3)12-4;/h5-7,11H,1-4H3;/b9-5-;. The molecule has 0 heterocycles. The molecule has 0 fully saturated rings. The molecular weight excluding hydrogens is 220 g/mol. The van der Waals surface area contributed by atoms with E-state index in [2.05, 4.69) is 0 Å². The number of aliphatic hydroxyl groups excluding tert-OH is 1. The number of ketones is 1. The first-order valence-corrected chi connectivity index (χ1v) is 3.96. The summed E-state index contributed by atoms with van der Waals surface area (Å²) in [7, 11) is 1.48. The Hall–Kier alpha value is -0.311. The Bertz CT molecular complexity index is 187. The van der Waals surface area contributed by atoms with Crippen molar-refractivity contribution in [1.82, 2.24) is 0 Å². The zero-order valence-electron chi connectivity index (χ0n) is 8.30. The number of ether oxygens (including phenoxy) is 1. The van der Waals surface area contributed by atoms with Gasteiger partial charge >= 0.3 is 0 Å². The first kappa shape index (κ1) is 15.2. The number of rotatable bonds is 4. The van der Waals surface area contributed by atoms with Gasteiger partial charge in [-0.3, -0.25) is 4.79 Å². The molecule has 3 nitrogen and oxygen atoms in total. The fourth-order valence-electron chi connectivity index (χ4n) is 0.551. The maximum Gasteiger partial charge on any atom is 0.161 e. The van der Waals surface area contributed by atoms with Gasteiger partial charge in [-0.25, -0.2) is 0 Å². The van der Waals surface area contributed by atoms with Gasteiger partial charge in [-0.05, 0) is 6.92 Å². The second-order valence-electron chi connectivity index (χ2n) is 3.00. The zero-order chi connectivity index (χ0) is 9.72. The molecule has 1 radical (unpaired) electrons. The molecule has 1 atom stereocenters. The Labute approximate surface area is 89.6 Å². The van der Waals surface area contributed by atoms with Crippen molar-refractivity contribution in [2.45, 2.75) is 26.9 Å². The Balaban J connectivity index is 0. The van der Waals surface area contributed by atoms with Crippen molar-refractivity contribution in [3.8, 4) is 0 Å². The van der Waals surface area contributed by atoms with Crippen molar-refractivity contribution in [3.05, 3.63) is 11.8 Å². The van der Waals surface area contributed by atoms with E-state index in [-0.39, 0.29) is 34.5 Å². The summed E-state index contributed by atoms with van der Waals surface area (Å²) in [6.07, 6.45) is 0.812. The molecule has 81 valence electrons. The predicted octanol–water partition coefficient (Wildman–Crippen LogP) is 1.69. The third-order valence-electron chi connectivity index (χ3n) is 1.63. The first-order chi connectivity index (χ1) is 5.49. The Morgan fingerprint density at radius 1 is 1.38 bits per heavy atom. The quantitative estimate of drug-likeness (QED) is 0.458.